The summed E-state index contributed by atoms with van der Waals surface area (Å²) in [6, 6.07) is 4.29. The lowest BCUT2D eigenvalue weighted by atomic mass is 10.1. The molecule has 0 aliphatic carbocycles. The van der Waals surface area contributed by atoms with Crippen LogP contribution in [-0.4, -0.2) is 17.7 Å². The quantitative estimate of drug-likeness (QED) is 0.789. The summed E-state index contributed by atoms with van der Waals surface area (Å²) < 4.78 is 32.1. The summed E-state index contributed by atoms with van der Waals surface area (Å²) in [5, 5.41) is 14.6. The molecule has 2 amide bonds. The average Bonchev–Trinajstić information content (AvgIpc) is 2.82. The number of aliphatic hydroxyl groups is 1. The van der Waals surface area contributed by atoms with E-state index < -0.39 is 29.5 Å². The van der Waals surface area contributed by atoms with Gasteiger partial charge in [0.05, 0.1) is 6.10 Å². The zero-order chi connectivity index (χ0) is 17.0. The van der Waals surface area contributed by atoms with Gasteiger partial charge in [-0.25, -0.2) is 13.6 Å². The molecule has 0 radical (unpaired) electrons. The summed E-state index contributed by atoms with van der Waals surface area (Å²) in [6.07, 6.45) is -0.551. The molecule has 3 N–H and O–H groups in total. The number of carbonyl (C=O) groups is 1. The van der Waals surface area contributed by atoms with E-state index in [4.69, 9.17) is 4.42 Å². The minimum absolute atomic E-state index is 0.132. The number of hydrogen-bond acceptors (Lipinski definition) is 3. The topological polar surface area (TPSA) is 74.5 Å². The van der Waals surface area contributed by atoms with Gasteiger partial charge in [0.1, 0.15) is 28.8 Å². The number of amides is 2. The van der Waals surface area contributed by atoms with Crippen LogP contribution in [0.25, 0.3) is 0 Å². The molecule has 0 saturated carbocycles. The molecule has 5 nitrogen and oxygen atoms in total. The number of aliphatic hydroxyl groups excluding tert-OH is 1. The third-order valence-electron chi connectivity index (χ3n) is 3.34. The number of benzene rings is 1. The third-order valence-corrected chi connectivity index (χ3v) is 3.34. The molecule has 0 aliphatic heterocycles. The summed E-state index contributed by atoms with van der Waals surface area (Å²) in [6.45, 7) is 3.65. The Morgan fingerprint density at radius 3 is 2.52 bits per heavy atom. The number of anilines is 1. The van der Waals surface area contributed by atoms with Crippen LogP contribution < -0.4 is 10.6 Å². The first kappa shape index (κ1) is 17.0. The predicted octanol–water partition coefficient (Wildman–Crippen LogP) is 3.42. The van der Waals surface area contributed by atoms with Crippen molar-refractivity contribution < 1.29 is 23.1 Å². The van der Waals surface area contributed by atoms with Crippen LogP contribution in [-0.2, 0) is 0 Å². The maximum Gasteiger partial charge on any atom is 0.319 e. The van der Waals surface area contributed by atoms with E-state index in [1.165, 1.54) is 6.07 Å². The summed E-state index contributed by atoms with van der Waals surface area (Å²) in [4.78, 5) is 11.7. The number of carbonyl (C=O) groups excluding carboxylic acids is 1. The minimum Gasteiger partial charge on any atom is -0.466 e. The van der Waals surface area contributed by atoms with E-state index in [9.17, 15) is 18.7 Å². The Morgan fingerprint density at radius 1 is 1.30 bits per heavy atom. The lowest BCUT2D eigenvalue weighted by Gasteiger charge is -2.12. The largest absolute Gasteiger partial charge is 0.466 e. The second-order valence-corrected chi connectivity index (χ2v) is 5.15. The van der Waals surface area contributed by atoms with Crippen molar-refractivity contribution in [2.75, 3.05) is 11.9 Å². The number of para-hydroxylation sites is 1. The number of furan rings is 1. The molecule has 0 bridgehead atoms. The van der Waals surface area contributed by atoms with Crippen molar-refractivity contribution in [1.82, 2.24) is 5.32 Å². The van der Waals surface area contributed by atoms with Gasteiger partial charge in [-0.1, -0.05) is 6.07 Å². The Labute approximate surface area is 132 Å². The van der Waals surface area contributed by atoms with Gasteiger partial charge in [-0.3, -0.25) is 0 Å². The van der Waals surface area contributed by atoms with Crippen LogP contribution in [0.5, 0.6) is 0 Å². The van der Waals surface area contributed by atoms with Crippen molar-refractivity contribution in [3.8, 4) is 0 Å². The lowest BCUT2D eigenvalue weighted by molar-refractivity contribution is 0.165. The fourth-order valence-electron chi connectivity index (χ4n) is 2.23. The number of urea groups is 1. The first-order valence-electron chi connectivity index (χ1n) is 7.12. The third kappa shape index (κ3) is 4.29. The SMILES string of the molecule is Cc1cc([C@H](O)CCNC(=O)Nc2c(F)cccc2F)c(C)o1. The molecule has 2 aromatic rings. The van der Waals surface area contributed by atoms with Gasteiger partial charge in [-0.2, -0.15) is 0 Å². The Morgan fingerprint density at radius 2 is 1.96 bits per heavy atom. The standard InChI is InChI=1S/C16H18F2N2O3/c1-9-8-11(10(2)23-9)14(21)6-7-19-16(22)20-15-12(17)4-3-5-13(15)18/h3-5,8,14,21H,6-7H2,1-2H3,(H2,19,20,22)/t14-/m1/s1. The molecular weight excluding hydrogens is 306 g/mol. The van der Waals surface area contributed by atoms with Gasteiger partial charge in [0.25, 0.3) is 0 Å². The zero-order valence-electron chi connectivity index (χ0n) is 12.8. The van der Waals surface area contributed by atoms with Crippen molar-refractivity contribution in [3.05, 3.63) is 53.0 Å². The van der Waals surface area contributed by atoms with Crippen LogP contribution >= 0.6 is 0 Å². The number of halogens is 2. The summed E-state index contributed by atoms with van der Waals surface area (Å²) in [7, 11) is 0. The smallest absolute Gasteiger partial charge is 0.319 e. The Bertz CT molecular complexity index is 680. The van der Waals surface area contributed by atoms with Crippen molar-refractivity contribution >= 4 is 11.7 Å². The van der Waals surface area contributed by atoms with Gasteiger partial charge in [-0.05, 0) is 38.5 Å². The van der Waals surface area contributed by atoms with E-state index in [2.05, 4.69) is 10.6 Å². The zero-order valence-corrected chi connectivity index (χ0v) is 12.8. The molecular formula is C16H18F2N2O3. The molecule has 1 aromatic heterocycles. The molecule has 0 fully saturated rings. The molecule has 0 saturated heterocycles. The summed E-state index contributed by atoms with van der Waals surface area (Å²) in [5.41, 5.74) is 0.150. The van der Waals surface area contributed by atoms with E-state index in [1.807, 2.05) is 0 Å². The van der Waals surface area contributed by atoms with Crippen molar-refractivity contribution in [2.45, 2.75) is 26.4 Å². The fraction of sp³-hybridized carbons (Fsp3) is 0.312. The van der Waals surface area contributed by atoms with Crippen LogP contribution in [0.3, 0.4) is 0 Å². The van der Waals surface area contributed by atoms with Crippen LogP contribution in [0.1, 0.15) is 29.6 Å². The highest BCUT2D eigenvalue weighted by Gasteiger charge is 2.15. The van der Waals surface area contributed by atoms with E-state index >= 15 is 0 Å². The second-order valence-electron chi connectivity index (χ2n) is 5.15. The van der Waals surface area contributed by atoms with Gasteiger partial charge in [0, 0.05) is 12.1 Å². The Kier molecular flexibility index (Phi) is 5.33. The molecule has 0 aliphatic rings. The number of hydrogen-bond donors (Lipinski definition) is 3. The van der Waals surface area contributed by atoms with Crippen molar-refractivity contribution in [3.63, 3.8) is 0 Å². The molecule has 1 atom stereocenters. The number of rotatable bonds is 5. The predicted molar refractivity (Wildman–Crippen MR) is 81.1 cm³/mol. The van der Waals surface area contributed by atoms with Crippen LogP contribution in [0.15, 0.2) is 28.7 Å². The van der Waals surface area contributed by atoms with E-state index in [-0.39, 0.29) is 13.0 Å². The highest BCUT2D eigenvalue weighted by Crippen LogP contribution is 2.23. The van der Waals surface area contributed by atoms with Crippen LogP contribution in [0, 0.1) is 25.5 Å². The van der Waals surface area contributed by atoms with Crippen LogP contribution in [0.4, 0.5) is 19.3 Å². The van der Waals surface area contributed by atoms with Gasteiger partial charge < -0.3 is 20.2 Å². The molecule has 0 unspecified atom stereocenters. The first-order valence-corrected chi connectivity index (χ1v) is 7.12. The molecule has 1 heterocycles. The molecule has 124 valence electrons. The summed E-state index contributed by atoms with van der Waals surface area (Å²) in [5.74, 6) is -0.403. The van der Waals surface area contributed by atoms with Crippen molar-refractivity contribution in [1.29, 1.82) is 0 Å². The Hall–Kier alpha value is -2.41. The van der Waals surface area contributed by atoms with Gasteiger partial charge in [-0.15, -0.1) is 0 Å². The molecule has 7 heteroatoms. The maximum absolute atomic E-state index is 13.4. The first-order chi connectivity index (χ1) is 10.9. The molecule has 23 heavy (non-hydrogen) atoms. The number of aryl methyl sites for hydroxylation is 2. The summed E-state index contributed by atoms with van der Waals surface area (Å²) >= 11 is 0. The number of nitrogens with one attached hydrogen (secondary N) is 2. The Balaban J connectivity index is 1.84. The highest BCUT2D eigenvalue weighted by molar-refractivity contribution is 5.89. The van der Waals surface area contributed by atoms with Gasteiger partial charge >= 0.3 is 6.03 Å². The van der Waals surface area contributed by atoms with E-state index in [1.54, 1.807) is 19.9 Å². The second kappa shape index (κ2) is 7.23. The molecule has 0 spiro atoms. The fourth-order valence-corrected chi connectivity index (χ4v) is 2.23. The van der Waals surface area contributed by atoms with Crippen LogP contribution in [0.2, 0.25) is 0 Å². The van der Waals surface area contributed by atoms with Gasteiger partial charge in [0.2, 0.25) is 0 Å². The monoisotopic (exact) mass is 324 g/mol. The maximum atomic E-state index is 13.4. The highest BCUT2D eigenvalue weighted by atomic mass is 19.1. The lowest BCUT2D eigenvalue weighted by Crippen LogP contribution is -2.31. The van der Waals surface area contributed by atoms with E-state index in [0.29, 0.717) is 17.1 Å². The minimum atomic E-state index is -0.857. The normalized spacial score (nSPS) is 12.0. The van der Waals surface area contributed by atoms with Crippen molar-refractivity contribution in [2.24, 2.45) is 0 Å². The van der Waals surface area contributed by atoms with Gasteiger partial charge in [0.15, 0.2) is 0 Å². The molecule has 1 aromatic carbocycles. The average molecular weight is 324 g/mol. The van der Waals surface area contributed by atoms with E-state index in [0.717, 1.165) is 12.1 Å². The molecule has 2 rings (SSSR count).